The molecule has 0 radical (unpaired) electrons. The van der Waals surface area contributed by atoms with Gasteiger partial charge in [-0.2, -0.15) is 13.2 Å². The van der Waals surface area contributed by atoms with Crippen molar-refractivity contribution >= 4 is 22.2 Å². The van der Waals surface area contributed by atoms with Gasteiger partial charge in [0.1, 0.15) is 16.5 Å². The first-order chi connectivity index (χ1) is 14.3. The predicted octanol–water partition coefficient (Wildman–Crippen LogP) is 6.01. The van der Waals surface area contributed by atoms with E-state index in [4.69, 9.17) is 4.42 Å². The van der Waals surface area contributed by atoms with Crippen LogP contribution in [0.5, 0.6) is 0 Å². The Hall–Kier alpha value is -2.74. The van der Waals surface area contributed by atoms with Crippen molar-refractivity contribution in [2.75, 3.05) is 5.32 Å². The Balaban J connectivity index is 1.42. The Morgan fingerprint density at radius 1 is 1.17 bits per heavy atom. The van der Waals surface area contributed by atoms with Crippen LogP contribution in [0.3, 0.4) is 0 Å². The van der Waals surface area contributed by atoms with E-state index < -0.39 is 17.9 Å². The highest BCUT2D eigenvalue weighted by atomic mass is 32.1. The van der Waals surface area contributed by atoms with Gasteiger partial charge in [-0.3, -0.25) is 4.79 Å². The van der Waals surface area contributed by atoms with E-state index in [0.717, 1.165) is 47.5 Å². The molecule has 1 aromatic carbocycles. The minimum Gasteiger partial charge on any atom is -0.457 e. The largest absolute Gasteiger partial charge is 0.457 e. The molecule has 0 saturated heterocycles. The summed E-state index contributed by atoms with van der Waals surface area (Å²) in [6.45, 7) is 2.22. The van der Waals surface area contributed by atoms with E-state index in [9.17, 15) is 18.0 Å². The van der Waals surface area contributed by atoms with Crippen LogP contribution in [0.25, 0.3) is 11.3 Å². The van der Waals surface area contributed by atoms with Gasteiger partial charge in [0.25, 0.3) is 5.91 Å². The third kappa shape index (κ3) is 3.29. The van der Waals surface area contributed by atoms with Crippen molar-refractivity contribution in [2.24, 2.45) is 5.92 Å². The molecule has 5 rings (SSSR count). The van der Waals surface area contributed by atoms with Crippen molar-refractivity contribution in [1.82, 2.24) is 5.32 Å². The molecule has 156 valence electrons. The number of anilines is 1. The van der Waals surface area contributed by atoms with Crippen LogP contribution < -0.4 is 10.6 Å². The van der Waals surface area contributed by atoms with Gasteiger partial charge in [-0.25, -0.2) is 0 Å². The van der Waals surface area contributed by atoms with Crippen LogP contribution in [-0.4, -0.2) is 5.91 Å². The zero-order valence-electron chi connectivity index (χ0n) is 16.1. The summed E-state index contributed by atoms with van der Waals surface area (Å²) >= 11 is 1.61. The maximum atomic E-state index is 13.0. The minimum absolute atomic E-state index is 0.141. The van der Waals surface area contributed by atoms with Crippen LogP contribution in [0, 0.1) is 5.92 Å². The van der Waals surface area contributed by atoms with E-state index in [0.29, 0.717) is 23.0 Å². The molecule has 2 aliphatic rings. The van der Waals surface area contributed by atoms with Gasteiger partial charge in [-0.1, -0.05) is 19.1 Å². The first-order valence-corrected chi connectivity index (χ1v) is 10.6. The molecular weight excluding hydrogens is 413 g/mol. The summed E-state index contributed by atoms with van der Waals surface area (Å²) in [4.78, 5) is 14.1. The van der Waals surface area contributed by atoms with Gasteiger partial charge in [0.15, 0.2) is 6.17 Å². The van der Waals surface area contributed by atoms with E-state index in [1.807, 2.05) is 0 Å². The number of furan rings is 1. The molecule has 2 N–H and O–H groups in total. The highest BCUT2D eigenvalue weighted by molar-refractivity contribution is 7.16. The van der Waals surface area contributed by atoms with Crippen molar-refractivity contribution in [1.29, 1.82) is 0 Å². The van der Waals surface area contributed by atoms with E-state index >= 15 is 0 Å². The van der Waals surface area contributed by atoms with Gasteiger partial charge in [0.05, 0.1) is 11.1 Å². The van der Waals surface area contributed by atoms with Crippen LogP contribution in [0.2, 0.25) is 0 Å². The monoisotopic (exact) mass is 432 g/mol. The Morgan fingerprint density at radius 3 is 2.80 bits per heavy atom. The van der Waals surface area contributed by atoms with Crippen molar-refractivity contribution < 1.29 is 22.4 Å². The summed E-state index contributed by atoms with van der Waals surface area (Å²) in [6, 6.07) is 8.30. The molecule has 2 aromatic heterocycles. The molecule has 0 fully saturated rings. The van der Waals surface area contributed by atoms with Gasteiger partial charge in [-0.15, -0.1) is 11.3 Å². The normalized spacial score (nSPS) is 20.9. The van der Waals surface area contributed by atoms with Crippen LogP contribution in [-0.2, 0) is 19.0 Å². The van der Waals surface area contributed by atoms with Gasteiger partial charge in [-0.05, 0) is 55.0 Å². The molecule has 0 saturated carbocycles. The summed E-state index contributed by atoms with van der Waals surface area (Å²) in [6.07, 6.45) is -2.03. The van der Waals surface area contributed by atoms with E-state index in [1.54, 1.807) is 29.5 Å². The molecule has 0 bridgehead atoms. The molecule has 8 heteroatoms. The highest BCUT2D eigenvalue weighted by Gasteiger charge is 2.34. The van der Waals surface area contributed by atoms with Crippen LogP contribution in [0.15, 0.2) is 40.8 Å². The fourth-order valence-corrected chi connectivity index (χ4v) is 5.55. The fraction of sp³-hybridized carbons (Fsp3) is 0.318. The molecule has 4 nitrogen and oxygen atoms in total. The number of alkyl halides is 3. The zero-order chi connectivity index (χ0) is 21.0. The second-order valence-electron chi connectivity index (χ2n) is 7.89. The van der Waals surface area contributed by atoms with Gasteiger partial charge >= 0.3 is 6.18 Å². The number of halogens is 3. The molecule has 2 atom stereocenters. The first kappa shape index (κ1) is 19.2. The van der Waals surface area contributed by atoms with Crippen molar-refractivity contribution in [3.05, 3.63) is 63.7 Å². The minimum atomic E-state index is -4.42. The first-order valence-electron chi connectivity index (χ1n) is 9.79. The van der Waals surface area contributed by atoms with Crippen molar-refractivity contribution in [3.8, 4) is 11.3 Å². The molecule has 1 amide bonds. The summed E-state index contributed by atoms with van der Waals surface area (Å²) in [7, 11) is 0. The molecule has 2 unspecified atom stereocenters. The quantitative estimate of drug-likeness (QED) is 0.522. The second-order valence-corrected chi connectivity index (χ2v) is 8.99. The number of hydrogen-bond donors (Lipinski definition) is 2. The third-order valence-electron chi connectivity index (χ3n) is 5.68. The maximum absolute atomic E-state index is 13.0. The number of benzene rings is 1. The Morgan fingerprint density at radius 2 is 2.00 bits per heavy atom. The summed E-state index contributed by atoms with van der Waals surface area (Å²) < 4.78 is 44.8. The highest BCUT2D eigenvalue weighted by Crippen LogP contribution is 2.43. The van der Waals surface area contributed by atoms with E-state index in [2.05, 4.69) is 17.6 Å². The molecule has 1 aliphatic heterocycles. The number of fused-ring (bicyclic) bond motifs is 3. The van der Waals surface area contributed by atoms with Gasteiger partial charge in [0.2, 0.25) is 0 Å². The Labute approximate surface area is 175 Å². The van der Waals surface area contributed by atoms with Gasteiger partial charge in [0, 0.05) is 10.4 Å². The summed E-state index contributed by atoms with van der Waals surface area (Å²) in [5, 5.41) is 7.08. The molecule has 0 spiro atoms. The van der Waals surface area contributed by atoms with Crippen LogP contribution in [0.4, 0.5) is 18.2 Å². The molecular formula is C22H19F3N2O2S. The number of carbonyl (C=O) groups is 1. The lowest BCUT2D eigenvalue weighted by atomic mass is 9.88. The summed E-state index contributed by atoms with van der Waals surface area (Å²) in [5.74, 6) is 1.23. The Bertz CT molecular complexity index is 1130. The van der Waals surface area contributed by atoms with E-state index in [-0.39, 0.29) is 5.91 Å². The molecule has 30 heavy (non-hydrogen) atoms. The second kappa shape index (κ2) is 6.91. The lowest BCUT2D eigenvalue weighted by Crippen LogP contribution is -2.38. The predicted molar refractivity (Wildman–Crippen MR) is 108 cm³/mol. The maximum Gasteiger partial charge on any atom is 0.416 e. The van der Waals surface area contributed by atoms with Crippen molar-refractivity contribution in [2.45, 2.75) is 38.5 Å². The zero-order valence-corrected chi connectivity index (χ0v) is 16.9. The SMILES string of the molecule is CC1CCc2c(sc3c2C(=O)NC(c2ccc(-c4cccc(C(F)(F)F)c4)o2)N3)C1. The number of thiophene rings is 1. The standard InChI is InChI=1S/C22H19F3N2O2S/c1-11-5-6-14-17(9-11)30-21-18(14)20(28)26-19(27-21)16-8-7-15(29-16)12-3-2-4-13(10-12)22(23,24)25/h2-4,7-8,10-11,19,27H,5-6,9H2,1H3,(H,26,28). The smallest absolute Gasteiger partial charge is 0.416 e. The average molecular weight is 432 g/mol. The average Bonchev–Trinajstić information content (AvgIpc) is 3.32. The topological polar surface area (TPSA) is 54.3 Å². The van der Waals surface area contributed by atoms with Crippen molar-refractivity contribution in [3.63, 3.8) is 0 Å². The molecule has 3 heterocycles. The number of carbonyl (C=O) groups excluding carboxylic acids is 1. The van der Waals surface area contributed by atoms with Crippen LogP contribution >= 0.6 is 11.3 Å². The number of nitrogens with one attached hydrogen (secondary N) is 2. The number of rotatable bonds is 2. The lowest BCUT2D eigenvalue weighted by molar-refractivity contribution is -0.137. The lowest BCUT2D eigenvalue weighted by Gasteiger charge is -2.25. The Kier molecular flexibility index (Phi) is 4.43. The molecule has 1 aliphatic carbocycles. The number of amides is 1. The fourth-order valence-electron chi connectivity index (χ4n) is 4.12. The third-order valence-corrected chi connectivity index (χ3v) is 6.86. The van der Waals surface area contributed by atoms with Gasteiger partial charge < -0.3 is 15.1 Å². The molecule has 3 aromatic rings. The summed E-state index contributed by atoms with van der Waals surface area (Å²) in [5.41, 5.74) is 1.47. The number of hydrogen-bond acceptors (Lipinski definition) is 4. The van der Waals surface area contributed by atoms with Crippen LogP contribution in [0.1, 0.15) is 51.6 Å². The van der Waals surface area contributed by atoms with E-state index in [1.165, 1.54) is 10.9 Å².